The van der Waals surface area contributed by atoms with Gasteiger partial charge in [-0.3, -0.25) is 4.72 Å². The van der Waals surface area contributed by atoms with Gasteiger partial charge >= 0.3 is 0 Å². The molecule has 0 saturated carbocycles. The standard InChI is InChI=1S/C16H18ClNO2S/c1-3-12(2)13-4-8-15(9-5-13)18-21(19,20)16-10-6-14(17)7-11-16/h4-12,18H,3H2,1-2H3. The van der Waals surface area contributed by atoms with Crippen molar-refractivity contribution in [2.24, 2.45) is 0 Å². The van der Waals surface area contributed by atoms with Crippen molar-refractivity contribution in [3.05, 3.63) is 59.1 Å². The maximum Gasteiger partial charge on any atom is 0.261 e. The molecule has 2 rings (SSSR count). The fourth-order valence-corrected chi connectivity index (χ4v) is 3.13. The first-order valence-electron chi connectivity index (χ1n) is 6.80. The van der Waals surface area contributed by atoms with Crippen LogP contribution < -0.4 is 4.72 Å². The van der Waals surface area contributed by atoms with E-state index in [-0.39, 0.29) is 4.90 Å². The predicted octanol–water partition coefficient (Wildman–Crippen LogP) is 4.65. The Labute approximate surface area is 131 Å². The second-order valence-electron chi connectivity index (χ2n) is 4.99. The summed E-state index contributed by atoms with van der Waals surface area (Å²) in [6, 6.07) is 13.6. The molecule has 2 aromatic carbocycles. The van der Waals surface area contributed by atoms with Gasteiger partial charge in [-0.15, -0.1) is 0 Å². The van der Waals surface area contributed by atoms with Crippen molar-refractivity contribution in [2.75, 3.05) is 4.72 Å². The lowest BCUT2D eigenvalue weighted by Crippen LogP contribution is -2.12. The minimum absolute atomic E-state index is 0.193. The van der Waals surface area contributed by atoms with Gasteiger partial charge < -0.3 is 0 Å². The van der Waals surface area contributed by atoms with Crippen LogP contribution >= 0.6 is 11.6 Å². The molecule has 0 fully saturated rings. The molecule has 5 heteroatoms. The molecule has 0 saturated heterocycles. The van der Waals surface area contributed by atoms with E-state index in [2.05, 4.69) is 18.6 Å². The van der Waals surface area contributed by atoms with Crippen LogP contribution in [0.25, 0.3) is 0 Å². The van der Waals surface area contributed by atoms with E-state index in [1.165, 1.54) is 17.7 Å². The second kappa shape index (κ2) is 6.50. The van der Waals surface area contributed by atoms with Crippen LogP contribution in [0.15, 0.2) is 53.4 Å². The molecule has 112 valence electrons. The molecule has 0 spiro atoms. The summed E-state index contributed by atoms with van der Waals surface area (Å²) in [5, 5.41) is 0.506. The SMILES string of the molecule is CCC(C)c1ccc(NS(=O)(=O)c2ccc(Cl)cc2)cc1. The Morgan fingerprint density at radius 1 is 1.05 bits per heavy atom. The molecule has 0 aliphatic rings. The highest BCUT2D eigenvalue weighted by atomic mass is 35.5. The maximum absolute atomic E-state index is 12.2. The number of halogens is 1. The summed E-state index contributed by atoms with van der Waals surface area (Å²) in [6.45, 7) is 4.27. The molecule has 0 aliphatic heterocycles. The van der Waals surface area contributed by atoms with E-state index in [4.69, 9.17) is 11.6 Å². The first-order chi connectivity index (χ1) is 9.92. The molecule has 0 aromatic heterocycles. The Morgan fingerprint density at radius 2 is 1.62 bits per heavy atom. The van der Waals surface area contributed by atoms with Crippen molar-refractivity contribution in [2.45, 2.75) is 31.1 Å². The zero-order chi connectivity index (χ0) is 15.5. The summed E-state index contributed by atoms with van der Waals surface area (Å²) < 4.78 is 27.0. The van der Waals surface area contributed by atoms with E-state index in [1.54, 1.807) is 24.3 Å². The number of sulfonamides is 1. The van der Waals surface area contributed by atoms with Gasteiger partial charge in [-0.05, 0) is 54.3 Å². The molecule has 1 unspecified atom stereocenters. The summed E-state index contributed by atoms with van der Waals surface area (Å²) in [5.41, 5.74) is 1.75. The molecule has 0 amide bonds. The zero-order valence-corrected chi connectivity index (χ0v) is 13.6. The van der Waals surface area contributed by atoms with Gasteiger partial charge in [0.15, 0.2) is 0 Å². The second-order valence-corrected chi connectivity index (χ2v) is 7.11. The molecule has 1 atom stereocenters. The van der Waals surface area contributed by atoms with E-state index < -0.39 is 10.0 Å². The van der Waals surface area contributed by atoms with E-state index in [1.807, 2.05) is 12.1 Å². The van der Waals surface area contributed by atoms with Gasteiger partial charge in [0.05, 0.1) is 4.90 Å². The van der Waals surface area contributed by atoms with Gasteiger partial charge in [-0.25, -0.2) is 8.42 Å². The number of rotatable bonds is 5. The molecule has 0 radical (unpaired) electrons. The topological polar surface area (TPSA) is 46.2 Å². The van der Waals surface area contributed by atoms with Crippen LogP contribution in [0, 0.1) is 0 Å². The van der Waals surface area contributed by atoms with Gasteiger partial charge in [0.1, 0.15) is 0 Å². The number of anilines is 1. The average molecular weight is 324 g/mol. The summed E-state index contributed by atoms with van der Waals surface area (Å²) in [7, 11) is -3.58. The highest BCUT2D eigenvalue weighted by Crippen LogP contribution is 2.22. The summed E-state index contributed by atoms with van der Waals surface area (Å²) >= 11 is 5.77. The molecule has 0 aliphatic carbocycles. The van der Waals surface area contributed by atoms with Crippen molar-refractivity contribution in [3.63, 3.8) is 0 Å². The molecular weight excluding hydrogens is 306 g/mol. The lowest BCUT2D eigenvalue weighted by molar-refractivity contribution is 0.601. The molecule has 0 bridgehead atoms. The quantitative estimate of drug-likeness (QED) is 0.870. The lowest BCUT2D eigenvalue weighted by Gasteiger charge is -2.11. The molecule has 3 nitrogen and oxygen atoms in total. The molecule has 0 heterocycles. The minimum Gasteiger partial charge on any atom is -0.280 e. The zero-order valence-electron chi connectivity index (χ0n) is 12.0. The van der Waals surface area contributed by atoms with Crippen LogP contribution in [0.2, 0.25) is 5.02 Å². The van der Waals surface area contributed by atoms with Crippen molar-refractivity contribution in [3.8, 4) is 0 Å². The lowest BCUT2D eigenvalue weighted by atomic mass is 9.99. The van der Waals surface area contributed by atoms with E-state index in [0.717, 1.165) is 6.42 Å². The van der Waals surface area contributed by atoms with Crippen molar-refractivity contribution in [1.29, 1.82) is 0 Å². The Hall–Kier alpha value is -1.52. The summed E-state index contributed by atoms with van der Waals surface area (Å²) in [4.78, 5) is 0.193. The molecule has 2 aromatic rings. The highest BCUT2D eigenvalue weighted by molar-refractivity contribution is 7.92. The number of hydrogen-bond acceptors (Lipinski definition) is 2. The summed E-state index contributed by atoms with van der Waals surface area (Å²) in [5.74, 6) is 0.465. The van der Waals surface area contributed by atoms with E-state index in [0.29, 0.717) is 16.6 Å². The van der Waals surface area contributed by atoms with Crippen molar-refractivity contribution < 1.29 is 8.42 Å². The van der Waals surface area contributed by atoms with Crippen molar-refractivity contribution >= 4 is 27.3 Å². The monoisotopic (exact) mass is 323 g/mol. The predicted molar refractivity (Wildman–Crippen MR) is 87.4 cm³/mol. The van der Waals surface area contributed by atoms with Crippen LogP contribution in [-0.2, 0) is 10.0 Å². The fraction of sp³-hybridized carbons (Fsp3) is 0.250. The maximum atomic E-state index is 12.2. The third-order valence-electron chi connectivity index (χ3n) is 3.47. The first-order valence-corrected chi connectivity index (χ1v) is 8.67. The fourth-order valence-electron chi connectivity index (χ4n) is 1.94. The van der Waals surface area contributed by atoms with Crippen LogP contribution in [0.5, 0.6) is 0 Å². The Balaban J connectivity index is 2.19. The first kappa shape index (κ1) is 15.9. The summed E-state index contributed by atoms with van der Waals surface area (Å²) in [6.07, 6.45) is 1.05. The van der Waals surface area contributed by atoms with Gasteiger partial charge in [-0.1, -0.05) is 37.6 Å². The molecule has 21 heavy (non-hydrogen) atoms. The van der Waals surface area contributed by atoms with Gasteiger partial charge in [0, 0.05) is 10.7 Å². The van der Waals surface area contributed by atoms with Crippen molar-refractivity contribution in [1.82, 2.24) is 0 Å². The Kier molecular flexibility index (Phi) is 4.91. The third kappa shape index (κ3) is 3.99. The van der Waals surface area contributed by atoms with Gasteiger partial charge in [0.2, 0.25) is 0 Å². The largest absolute Gasteiger partial charge is 0.280 e. The highest BCUT2D eigenvalue weighted by Gasteiger charge is 2.14. The number of nitrogens with one attached hydrogen (secondary N) is 1. The van der Waals surface area contributed by atoms with Crippen LogP contribution in [-0.4, -0.2) is 8.42 Å². The van der Waals surface area contributed by atoms with E-state index >= 15 is 0 Å². The minimum atomic E-state index is -3.58. The van der Waals surface area contributed by atoms with Crippen LogP contribution in [0.4, 0.5) is 5.69 Å². The number of hydrogen-bond donors (Lipinski definition) is 1. The Bertz CT molecular complexity index is 694. The van der Waals surface area contributed by atoms with E-state index in [9.17, 15) is 8.42 Å². The van der Waals surface area contributed by atoms with Gasteiger partial charge in [0.25, 0.3) is 10.0 Å². The van der Waals surface area contributed by atoms with Gasteiger partial charge in [-0.2, -0.15) is 0 Å². The average Bonchev–Trinajstić information content (AvgIpc) is 2.47. The third-order valence-corrected chi connectivity index (χ3v) is 5.12. The number of benzene rings is 2. The smallest absolute Gasteiger partial charge is 0.261 e. The molecular formula is C16H18ClNO2S. The normalized spacial score (nSPS) is 12.9. The molecule has 1 N–H and O–H groups in total. The Morgan fingerprint density at radius 3 is 2.14 bits per heavy atom. The van der Waals surface area contributed by atoms with Crippen LogP contribution in [0.3, 0.4) is 0 Å². The van der Waals surface area contributed by atoms with Crippen LogP contribution in [0.1, 0.15) is 31.7 Å².